The third kappa shape index (κ3) is 8.23. The van der Waals surface area contributed by atoms with Gasteiger partial charge in [-0.15, -0.1) is 24.0 Å². The lowest BCUT2D eigenvalue weighted by atomic mass is 10.1. The fourth-order valence-electron chi connectivity index (χ4n) is 3.66. The molecule has 0 spiro atoms. The van der Waals surface area contributed by atoms with Gasteiger partial charge in [0.05, 0.1) is 13.7 Å². The lowest BCUT2D eigenvalue weighted by Gasteiger charge is -2.14. The molecule has 34 heavy (non-hydrogen) atoms. The van der Waals surface area contributed by atoms with Crippen molar-refractivity contribution in [1.29, 1.82) is 0 Å². The minimum Gasteiger partial charge on any atom is -0.493 e. The number of benzene rings is 2. The zero-order valence-electron chi connectivity index (χ0n) is 20.5. The summed E-state index contributed by atoms with van der Waals surface area (Å²) in [6, 6.07) is 14.7. The van der Waals surface area contributed by atoms with Gasteiger partial charge in [0, 0.05) is 39.1 Å². The van der Waals surface area contributed by atoms with E-state index in [2.05, 4.69) is 61.6 Å². The first-order valence-corrected chi connectivity index (χ1v) is 11.4. The molecule has 0 saturated heterocycles. The summed E-state index contributed by atoms with van der Waals surface area (Å²) in [5, 5.41) is 6.81. The monoisotopic (exact) mass is 577 g/mol. The van der Waals surface area contributed by atoms with Crippen LogP contribution < -0.4 is 20.1 Å². The van der Waals surface area contributed by atoms with E-state index in [9.17, 15) is 0 Å². The van der Waals surface area contributed by atoms with Gasteiger partial charge in [-0.2, -0.15) is 0 Å². The number of guanidine groups is 1. The van der Waals surface area contributed by atoms with Gasteiger partial charge in [0.25, 0.3) is 0 Å². The quantitative estimate of drug-likeness (QED) is 0.151. The highest BCUT2D eigenvalue weighted by Crippen LogP contribution is 2.28. The minimum atomic E-state index is 0. The van der Waals surface area contributed by atoms with Crippen molar-refractivity contribution in [2.45, 2.75) is 39.8 Å². The molecule has 8 heteroatoms. The van der Waals surface area contributed by atoms with Gasteiger partial charge in [-0.3, -0.25) is 4.99 Å². The van der Waals surface area contributed by atoms with Crippen molar-refractivity contribution in [3.63, 3.8) is 0 Å². The summed E-state index contributed by atoms with van der Waals surface area (Å²) in [6.07, 6.45) is 5.78. The lowest BCUT2D eigenvalue weighted by molar-refractivity contribution is 0.310. The maximum atomic E-state index is 5.67. The zero-order valence-corrected chi connectivity index (χ0v) is 22.8. The summed E-state index contributed by atoms with van der Waals surface area (Å²) >= 11 is 0. The zero-order chi connectivity index (χ0) is 23.5. The summed E-state index contributed by atoms with van der Waals surface area (Å²) in [5.74, 6) is 3.39. The molecule has 184 valence electrons. The molecule has 0 saturated carbocycles. The highest BCUT2D eigenvalue weighted by atomic mass is 127. The first-order chi connectivity index (χ1) is 16.1. The largest absolute Gasteiger partial charge is 0.493 e. The first-order valence-electron chi connectivity index (χ1n) is 11.4. The van der Waals surface area contributed by atoms with Crippen molar-refractivity contribution in [3.05, 3.63) is 77.4 Å². The van der Waals surface area contributed by atoms with E-state index in [0.717, 1.165) is 49.2 Å². The van der Waals surface area contributed by atoms with Crippen LogP contribution in [0.5, 0.6) is 11.5 Å². The molecule has 1 aromatic heterocycles. The SMILES string of the molecule is CCOc1cc(CCCNC(=NC)NCc2cccc(Cn3ccnc3C)c2)ccc1OC.I. The van der Waals surface area contributed by atoms with Crippen LogP contribution in [0.25, 0.3) is 0 Å². The second kappa shape index (κ2) is 14.5. The Bertz CT molecular complexity index is 1050. The van der Waals surface area contributed by atoms with Crippen molar-refractivity contribution in [3.8, 4) is 11.5 Å². The number of halogens is 1. The van der Waals surface area contributed by atoms with E-state index in [1.54, 1.807) is 14.2 Å². The molecule has 2 aromatic carbocycles. The molecule has 3 aromatic rings. The number of hydrogen-bond donors (Lipinski definition) is 2. The molecule has 0 unspecified atom stereocenters. The number of hydrogen-bond acceptors (Lipinski definition) is 4. The van der Waals surface area contributed by atoms with Crippen LogP contribution in [0, 0.1) is 6.92 Å². The molecule has 0 aliphatic carbocycles. The number of imidazole rings is 1. The third-order valence-electron chi connectivity index (χ3n) is 5.41. The van der Waals surface area contributed by atoms with Gasteiger partial charge < -0.3 is 24.7 Å². The normalized spacial score (nSPS) is 11.0. The van der Waals surface area contributed by atoms with Gasteiger partial charge in [0.15, 0.2) is 17.5 Å². The average Bonchev–Trinajstić information content (AvgIpc) is 3.23. The molecule has 0 bridgehead atoms. The van der Waals surface area contributed by atoms with Crippen LogP contribution in [0.4, 0.5) is 0 Å². The maximum Gasteiger partial charge on any atom is 0.191 e. The summed E-state index contributed by atoms with van der Waals surface area (Å²) in [4.78, 5) is 8.64. The maximum absolute atomic E-state index is 5.67. The number of nitrogens with zero attached hydrogens (tertiary/aromatic N) is 3. The molecule has 2 N–H and O–H groups in total. The Labute approximate surface area is 220 Å². The van der Waals surface area contributed by atoms with Gasteiger partial charge in [0.1, 0.15) is 5.82 Å². The van der Waals surface area contributed by atoms with Crippen LogP contribution in [-0.2, 0) is 19.5 Å². The van der Waals surface area contributed by atoms with Crippen LogP contribution in [0.2, 0.25) is 0 Å². The number of aromatic nitrogens is 2. The summed E-state index contributed by atoms with van der Waals surface area (Å²) in [5.41, 5.74) is 3.70. The Hall–Kier alpha value is -2.75. The van der Waals surface area contributed by atoms with E-state index >= 15 is 0 Å². The van der Waals surface area contributed by atoms with Crippen LogP contribution in [0.3, 0.4) is 0 Å². The molecule has 3 rings (SSSR count). The summed E-state index contributed by atoms with van der Waals surface area (Å²) < 4.78 is 13.2. The van der Waals surface area contributed by atoms with E-state index in [1.807, 2.05) is 32.3 Å². The highest BCUT2D eigenvalue weighted by Gasteiger charge is 2.06. The van der Waals surface area contributed by atoms with Crippen molar-refractivity contribution in [1.82, 2.24) is 20.2 Å². The van der Waals surface area contributed by atoms with E-state index in [0.29, 0.717) is 13.2 Å². The Kier molecular flexibility index (Phi) is 11.7. The molecule has 1 heterocycles. The van der Waals surface area contributed by atoms with Crippen molar-refractivity contribution in [2.24, 2.45) is 4.99 Å². The van der Waals surface area contributed by atoms with Crippen LogP contribution in [-0.4, -0.2) is 42.8 Å². The second-order valence-electron chi connectivity index (χ2n) is 7.80. The number of nitrogens with one attached hydrogen (secondary N) is 2. The van der Waals surface area contributed by atoms with E-state index in [1.165, 1.54) is 16.7 Å². The minimum absolute atomic E-state index is 0. The predicted molar refractivity (Wildman–Crippen MR) is 149 cm³/mol. The molecule has 0 radical (unpaired) electrons. The Morgan fingerprint density at radius 3 is 2.59 bits per heavy atom. The number of ether oxygens (including phenoxy) is 2. The Balaban J connectivity index is 0.00000408. The van der Waals surface area contributed by atoms with Crippen molar-refractivity contribution in [2.75, 3.05) is 27.3 Å². The topological polar surface area (TPSA) is 72.7 Å². The fraction of sp³-hybridized carbons (Fsp3) is 0.385. The number of rotatable bonds is 11. The molecular formula is C26H36IN5O2. The molecule has 7 nitrogen and oxygen atoms in total. The second-order valence-corrected chi connectivity index (χ2v) is 7.80. The Morgan fingerprint density at radius 2 is 1.88 bits per heavy atom. The molecule has 0 aliphatic rings. The van der Waals surface area contributed by atoms with Gasteiger partial charge in [-0.05, 0) is 55.5 Å². The molecule has 0 fully saturated rings. The number of aliphatic imine (C=N–C) groups is 1. The van der Waals surface area contributed by atoms with Crippen molar-refractivity contribution >= 4 is 29.9 Å². The summed E-state index contributed by atoms with van der Waals surface area (Å²) in [7, 11) is 3.46. The van der Waals surface area contributed by atoms with E-state index < -0.39 is 0 Å². The van der Waals surface area contributed by atoms with Crippen LogP contribution in [0.15, 0.2) is 59.9 Å². The van der Waals surface area contributed by atoms with Gasteiger partial charge >= 0.3 is 0 Å². The predicted octanol–water partition coefficient (Wildman–Crippen LogP) is 4.56. The molecule has 0 amide bonds. The standard InChI is InChI=1S/C26H35N5O2.HI/c1-5-33-25-17-21(11-12-24(25)32-4)10-7-13-29-26(27-3)30-18-22-8-6-9-23(16-22)19-31-15-14-28-20(31)2;/h6,8-9,11-12,14-17H,5,7,10,13,18-19H2,1-4H3,(H2,27,29,30);1H. The smallest absolute Gasteiger partial charge is 0.191 e. The first kappa shape index (κ1) is 27.5. The highest BCUT2D eigenvalue weighted by molar-refractivity contribution is 14.0. The van der Waals surface area contributed by atoms with Crippen molar-refractivity contribution < 1.29 is 9.47 Å². The number of methoxy groups -OCH3 is 1. The lowest BCUT2D eigenvalue weighted by Crippen LogP contribution is -2.37. The molecule has 0 aliphatic heterocycles. The van der Waals surface area contributed by atoms with Gasteiger partial charge in [-0.25, -0.2) is 4.98 Å². The van der Waals surface area contributed by atoms with Gasteiger partial charge in [-0.1, -0.05) is 30.3 Å². The fourth-order valence-corrected chi connectivity index (χ4v) is 3.66. The Morgan fingerprint density at radius 1 is 1.06 bits per heavy atom. The third-order valence-corrected chi connectivity index (χ3v) is 5.41. The number of aryl methyl sites for hydroxylation is 2. The molecular weight excluding hydrogens is 541 g/mol. The average molecular weight is 578 g/mol. The van der Waals surface area contributed by atoms with Crippen LogP contribution >= 0.6 is 24.0 Å². The van der Waals surface area contributed by atoms with E-state index in [4.69, 9.17) is 9.47 Å². The van der Waals surface area contributed by atoms with E-state index in [-0.39, 0.29) is 24.0 Å². The molecule has 0 atom stereocenters. The summed E-state index contributed by atoms with van der Waals surface area (Å²) in [6.45, 7) is 6.99. The van der Waals surface area contributed by atoms with Crippen LogP contribution in [0.1, 0.15) is 35.9 Å². The van der Waals surface area contributed by atoms with Gasteiger partial charge in [0.2, 0.25) is 0 Å².